The minimum atomic E-state index is -0.436. The molecule has 0 unspecified atom stereocenters. The summed E-state index contributed by atoms with van der Waals surface area (Å²) in [6, 6.07) is 27.3. The van der Waals surface area contributed by atoms with Gasteiger partial charge in [-0.2, -0.15) is 0 Å². The van der Waals surface area contributed by atoms with E-state index in [0.29, 0.717) is 18.5 Å². The largest absolute Gasteiger partial charge is 0.446 e. The van der Waals surface area contributed by atoms with Crippen LogP contribution in [0.3, 0.4) is 0 Å². The molecule has 3 N–H and O–H groups in total. The molecule has 1 fully saturated rings. The fourth-order valence-electron chi connectivity index (χ4n) is 5.32. The number of benzene rings is 4. The van der Waals surface area contributed by atoms with Gasteiger partial charge in [0.15, 0.2) is 0 Å². The Balaban J connectivity index is 1.23. The van der Waals surface area contributed by atoms with Gasteiger partial charge < -0.3 is 19.6 Å². The molecule has 0 atom stereocenters. The monoisotopic (exact) mass is 552 g/mol. The average molecular weight is 553 g/mol. The first kappa shape index (κ1) is 28.3. The molecule has 7 heteroatoms. The second kappa shape index (κ2) is 12.5. The standard InChI is InChI=1S/C34H37N3O4/c1-37(2)18-16-30(17-19-37)41-34(40)36-32-14-9-24(21-31(32)26-6-4-3-5-7-26)10-15-33(39)35-29-13-12-27-20-25(23-38)8-11-28(27)22-29/h3-9,11-14,20-22,30,38H,10,15-19,23H2,1-2H3,(H-,35,36,39,40)/p+1. The topological polar surface area (TPSA) is 87.7 Å². The van der Waals surface area contributed by atoms with Crippen LogP contribution in [-0.4, -0.2) is 54.9 Å². The minimum absolute atomic E-state index is 0.000100. The minimum Gasteiger partial charge on any atom is -0.446 e. The first-order valence-corrected chi connectivity index (χ1v) is 14.2. The highest BCUT2D eigenvalue weighted by Crippen LogP contribution is 2.30. The van der Waals surface area contributed by atoms with Crippen molar-refractivity contribution in [2.75, 3.05) is 37.8 Å². The van der Waals surface area contributed by atoms with Crippen molar-refractivity contribution in [3.63, 3.8) is 0 Å². The van der Waals surface area contributed by atoms with Crippen LogP contribution in [0.4, 0.5) is 16.2 Å². The second-order valence-electron chi connectivity index (χ2n) is 11.5. The molecule has 2 amide bonds. The van der Waals surface area contributed by atoms with Crippen LogP contribution in [0.15, 0.2) is 84.9 Å². The molecule has 4 aromatic rings. The molecular formula is C34H38N3O4+. The molecule has 41 heavy (non-hydrogen) atoms. The number of nitrogens with zero attached hydrogens (tertiary/aromatic N) is 1. The average Bonchev–Trinajstić information content (AvgIpc) is 2.98. The summed E-state index contributed by atoms with van der Waals surface area (Å²) in [7, 11) is 4.40. The molecular weight excluding hydrogens is 514 g/mol. The van der Waals surface area contributed by atoms with Crippen molar-refractivity contribution in [3.05, 3.63) is 96.1 Å². The molecule has 0 aromatic heterocycles. The summed E-state index contributed by atoms with van der Waals surface area (Å²) in [5, 5.41) is 17.3. The summed E-state index contributed by atoms with van der Waals surface area (Å²) in [5.74, 6) is -0.0716. The van der Waals surface area contributed by atoms with Gasteiger partial charge in [0, 0.05) is 30.5 Å². The Labute approximate surface area is 241 Å². The van der Waals surface area contributed by atoms with E-state index >= 15 is 0 Å². The predicted molar refractivity (Wildman–Crippen MR) is 164 cm³/mol. The van der Waals surface area contributed by atoms with Crippen molar-refractivity contribution in [1.82, 2.24) is 0 Å². The molecule has 7 nitrogen and oxygen atoms in total. The van der Waals surface area contributed by atoms with E-state index in [2.05, 4.69) is 24.7 Å². The number of carbonyl (C=O) groups is 2. The lowest BCUT2D eigenvalue weighted by Crippen LogP contribution is -2.48. The maximum absolute atomic E-state index is 12.8. The maximum atomic E-state index is 12.8. The van der Waals surface area contributed by atoms with Crippen LogP contribution in [-0.2, 0) is 22.6 Å². The van der Waals surface area contributed by atoms with E-state index in [1.54, 1.807) is 0 Å². The predicted octanol–water partition coefficient (Wildman–Crippen LogP) is 6.36. The van der Waals surface area contributed by atoms with Crippen molar-refractivity contribution in [3.8, 4) is 11.1 Å². The number of aliphatic hydroxyl groups excluding tert-OH is 1. The van der Waals surface area contributed by atoms with Gasteiger partial charge in [0.1, 0.15) is 6.10 Å². The normalized spacial score (nSPS) is 14.9. The van der Waals surface area contributed by atoms with E-state index in [9.17, 15) is 14.7 Å². The zero-order valence-electron chi connectivity index (χ0n) is 23.7. The van der Waals surface area contributed by atoms with Crippen LogP contribution in [0.2, 0.25) is 0 Å². The number of piperidine rings is 1. The third-order valence-electron chi connectivity index (χ3n) is 7.80. The van der Waals surface area contributed by atoms with Crippen LogP contribution in [0.1, 0.15) is 30.4 Å². The highest BCUT2D eigenvalue weighted by Gasteiger charge is 2.28. The van der Waals surface area contributed by atoms with Gasteiger partial charge in [0.25, 0.3) is 0 Å². The SMILES string of the molecule is C[N+]1(C)CCC(OC(=O)Nc2ccc(CCC(=O)Nc3ccc4cc(CO)ccc4c3)cc2-c2ccccc2)CC1. The molecule has 4 aromatic carbocycles. The van der Waals surface area contributed by atoms with E-state index in [-0.39, 0.29) is 18.6 Å². The highest BCUT2D eigenvalue weighted by atomic mass is 16.6. The lowest BCUT2D eigenvalue weighted by atomic mass is 9.98. The Kier molecular flexibility index (Phi) is 8.67. The molecule has 1 aliphatic heterocycles. The number of ether oxygens (including phenoxy) is 1. The van der Waals surface area contributed by atoms with Crippen LogP contribution in [0.5, 0.6) is 0 Å². The Morgan fingerprint density at radius 3 is 2.32 bits per heavy atom. The van der Waals surface area contributed by atoms with Crippen LogP contribution >= 0.6 is 0 Å². The van der Waals surface area contributed by atoms with Gasteiger partial charge in [0.05, 0.1) is 39.5 Å². The van der Waals surface area contributed by atoms with Gasteiger partial charge in [-0.15, -0.1) is 0 Å². The molecule has 1 saturated heterocycles. The summed E-state index contributed by atoms with van der Waals surface area (Å²) in [4.78, 5) is 25.6. The van der Waals surface area contributed by atoms with E-state index in [1.165, 1.54) is 0 Å². The summed E-state index contributed by atoms with van der Waals surface area (Å²) in [6.45, 7) is 1.98. The summed E-state index contributed by atoms with van der Waals surface area (Å²) >= 11 is 0. The molecule has 1 heterocycles. The lowest BCUT2D eigenvalue weighted by molar-refractivity contribution is -0.896. The number of anilines is 2. The fourth-order valence-corrected chi connectivity index (χ4v) is 5.32. The van der Waals surface area contributed by atoms with E-state index in [1.807, 2.05) is 84.9 Å². The van der Waals surface area contributed by atoms with Crippen molar-refractivity contribution >= 4 is 34.1 Å². The Bertz CT molecular complexity index is 1520. The lowest BCUT2D eigenvalue weighted by Gasteiger charge is -2.36. The third-order valence-corrected chi connectivity index (χ3v) is 7.80. The van der Waals surface area contributed by atoms with Crippen molar-refractivity contribution in [1.29, 1.82) is 0 Å². The molecule has 0 aliphatic carbocycles. The quantitative estimate of drug-likeness (QED) is 0.222. The summed E-state index contributed by atoms with van der Waals surface area (Å²) < 4.78 is 6.71. The number of fused-ring (bicyclic) bond motifs is 1. The number of amides is 2. The van der Waals surface area contributed by atoms with Gasteiger partial charge in [-0.05, 0) is 64.2 Å². The number of carbonyl (C=O) groups excluding carboxylic acids is 2. The Morgan fingerprint density at radius 1 is 0.854 bits per heavy atom. The van der Waals surface area contributed by atoms with Gasteiger partial charge in [-0.25, -0.2) is 4.79 Å². The first-order valence-electron chi connectivity index (χ1n) is 14.2. The second-order valence-corrected chi connectivity index (χ2v) is 11.5. The Hall–Kier alpha value is -4.20. The maximum Gasteiger partial charge on any atom is 0.411 e. The number of nitrogens with one attached hydrogen (secondary N) is 2. The molecule has 0 spiro atoms. The van der Waals surface area contributed by atoms with Gasteiger partial charge >= 0.3 is 6.09 Å². The molecule has 5 rings (SSSR count). The summed E-state index contributed by atoms with van der Waals surface area (Å²) in [5.41, 5.74) is 5.14. The number of aliphatic hydroxyl groups is 1. The number of aryl methyl sites for hydroxylation is 1. The fraction of sp³-hybridized carbons (Fsp3) is 0.294. The van der Waals surface area contributed by atoms with E-state index < -0.39 is 6.09 Å². The van der Waals surface area contributed by atoms with Crippen molar-refractivity contribution in [2.24, 2.45) is 0 Å². The number of likely N-dealkylation sites (tertiary alicyclic amines) is 1. The zero-order chi connectivity index (χ0) is 28.8. The number of hydrogen-bond acceptors (Lipinski definition) is 4. The van der Waals surface area contributed by atoms with Gasteiger partial charge in [-0.3, -0.25) is 10.1 Å². The molecule has 0 saturated carbocycles. The summed E-state index contributed by atoms with van der Waals surface area (Å²) in [6.07, 6.45) is 2.09. The molecule has 0 radical (unpaired) electrons. The highest BCUT2D eigenvalue weighted by molar-refractivity contribution is 5.95. The van der Waals surface area contributed by atoms with Gasteiger partial charge in [-0.1, -0.05) is 54.6 Å². The van der Waals surface area contributed by atoms with Crippen LogP contribution < -0.4 is 10.6 Å². The van der Waals surface area contributed by atoms with Crippen LogP contribution in [0.25, 0.3) is 21.9 Å². The van der Waals surface area contributed by atoms with E-state index in [4.69, 9.17) is 4.74 Å². The number of rotatable bonds is 8. The van der Waals surface area contributed by atoms with Crippen LogP contribution in [0, 0.1) is 0 Å². The third kappa shape index (κ3) is 7.51. The first-order chi connectivity index (χ1) is 19.8. The smallest absolute Gasteiger partial charge is 0.411 e. The molecule has 212 valence electrons. The molecule has 0 bridgehead atoms. The van der Waals surface area contributed by atoms with Gasteiger partial charge in [0.2, 0.25) is 5.91 Å². The zero-order valence-corrected chi connectivity index (χ0v) is 23.7. The van der Waals surface area contributed by atoms with Crippen molar-refractivity contribution in [2.45, 2.75) is 38.4 Å². The number of quaternary nitrogens is 1. The van der Waals surface area contributed by atoms with Crippen molar-refractivity contribution < 1.29 is 23.9 Å². The van der Waals surface area contributed by atoms with E-state index in [0.717, 1.165) is 69.1 Å². The molecule has 1 aliphatic rings. The Morgan fingerprint density at radius 2 is 1.56 bits per heavy atom. The number of hydrogen-bond donors (Lipinski definition) is 3.